The average Bonchev–Trinajstić information content (AvgIpc) is 2.83. The molecule has 2 heterocycles. The van der Waals surface area contributed by atoms with Crippen LogP contribution in [-0.4, -0.2) is 41.7 Å². The molecule has 0 spiro atoms. The van der Waals surface area contributed by atoms with Gasteiger partial charge in [0.05, 0.1) is 12.2 Å². The van der Waals surface area contributed by atoms with Crippen molar-refractivity contribution in [2.75, 3.05) is 30.4 Å². The number of benzene rings is 3. The van der Waals surface area contributed by atoms with Crippen LogP contribution in [0.5, 0.6) is 0 Å². The molecule has 0 radical (unpaired) electrons. The van der Waals surface area contributed by atoms with Crippen LogP contribution in [0.15, 0.2) is 60.7 Å². The van der Waals surface area contributed by atoms with Crippen molar-refractivity contribution in [2.24, 2.45) is 0 Å². The third kappa shape index (κ3) is 3.40. The molecule has 0 N–H and O–H groups in total. The number of amides is 1. The van der Waals surface area contributed by atoms with Crippen molar-refractivity contribution in [2.45, 2.75) is 32.0 Å². The van der Waals surface area contributed by atoms with E-state index in [1.54, 1.807) is 4.90 Å². The maximum atomic E-state index is 13.2. The first-order chi connectivity index (χ1) is 15.9. The van der Waals surface area contributed by atoms with E-state index >= 15 is 0 Å². The molecule has 1 amide bonds. The Morgan fingerprint density at radius 2 is 1.79 bits per heavy atom. The van der Waals surface area contributed by atoms with Gasteiger partial charge < -0.3 is 14.2 Å². The number of fused-ring (bicyclic) bond motifs is 2. The number of rotatable bonds is 4. The van der Waals surface area contributed by atoms with E-state index < -0.39 is 23.5 Å². The van der Waals surface area contributed by atoms with Crippen LogP contribution in [0.3, 0.4) is 0 Å². The molecule has 8 heteroatoms. The van der Waals surface area contributed by atoms with Crippen molar-refractivity contribution in [3.8, 4) is 0 Å². The van der Waals surface area contributed by atoms with Crippen molar-refractivity contribution in [3.05, 3.63) is 66.2 Å². The smallest absolute Gasteiger partial charge is 0.419 e. The van der Waals surface area contributed by atoms with Gasteiger partial charge in [-0.3, -0.25) is 0 Å². The van der Waals surface area contributed by atoms with Gasteiger partial charge in [0.1, 0.15) is 6.61 Å². The van der Waals surface area contributed by atoms with E-state index in [0.717, 1.165) is 40.6 Å². The number of carbonyl (C=O) groups excluding carboxylic acids is 1. The lowest BCUT2D eigenvalue weighted by molar-refractivity contribution is 0.127. The van der Waals surface area contributed by atoms with Gasteiger partial charge in [-0.25, -0.2) is 13.9 Å². The first kappa shape index (κ1) is 21.9. The van der Waals surface area contributed by atoms with Gasteiger partial charge >= 0.3 is 6.09 Å². The monoisotopic (exact) mass is 465 g/mol. The topological polar surface area (TPSA) is 72.9 Å². The van der Waals surface area contributed by atoms with Gasteiger partial charge in [0.2, 0.25) is 0 Å². The summed E-state index contributed by atoms with van der Waals surface area (Å²) >= 11 is -2.53. The average molecular weight is 466 g/mol. The highest BCUT2D eigenvalue weighted by atomic mass is 32.2. The maximum Gasteiger partial charge on any atom is 0.419 e. The maximum absolute atomic E-state index is 13.2. The van der Waals surface area contributed by atoms with Gasteiger partial charge in [0, 0.05) is 48.6 Å². The zero-order chi connectivity index (χ0) is 23.2. The molecule has 3 unspecified atom stereocenters. The van der Waals surface area contributed by atoms with Gasteiger partial charge in [-0.1, -0.05) is 36.4 Å². The molecule has 0 saturated carbocycles. The van der Waals surface area contributed by atoms with E-state index in [1.165, 1.54) is 0 Å². The lowest BCUT2D eigenvalue weighted by Gasteiger charge is -2.50. The molecule has 0 aromatic heterocycles. The number of anilines is 2. The highest BCUT2D eigenvalue weighted by molar-refractivity contribution is 7.78. The Kier molecular flexibility index (Phi) is 5.60. The number of cyclic esters (lactones) is 1. The minimum absolute atomic E-state index is 0.194. The quantitative estimate of drug-likeness (QED) is 0.413. The molecule has 1 saturated heterocycles. The summed E-state index contributed by atoms with van der Waals surface area (Å²) in [5.41, 5.74) is 3.30. The van der Waals surface area contributed by atoms with Crippen LogP contribution in [0.25, 0.3) is 10.8 Å². The van der Waals surface area contributed by atoms with Crippen LogP contribution >= 0.6 is 0 Å². The van der Waals surface area contributed by atoms with Crippen molar-refractivity contribution >= 4 is 45.2 Å². The second kappa shape index (κ2) is 8.44. The number of quaternary nitrogens is 1. The summed E-state index contributed by atoms with van der Waals surface area (Å²) in [6.45, 7) is 0.581. The summed E-state index contributed by atoms with van der Waals surface area (Å²) in [5.74, 6) is 0. The molecule has 172 valence electrons. The normalized spacial score (nSPS) is 23.7. The molecule has 0 aliphatic carbocycles. The zero-order valence-corrected chi connectivity index (χ0v) is 19.6. The Morgan fingerprint density at radius 3 is 2.58 bits per heavy atom. The van der Waals surface area contributed by atoms with E-state index in [2.05, 4.69) is 0 Å². The van der Waals surface area contributed by atoms with E-state index in [1.807, 2.05) is 79.7 Å². The van der Waals surface area contributed by atoms with Crippen molar-refractivity contribution < 1.29 is 18.3 Å². The van der Waals surface area contributed by atoms with Crippen LogP contribution in [0.1, 0.15) is 24.8 Å². The lowest BCUT2D eigenvalue weighted by Crippen LogP contribution is -2.68. The van der Waals surface area contributed by atoms with Gasteiger partial charge in [-0.2, -0.15) is 3.89 Å². The number of para-hydroxylation sites is 1. The van der Waals surface area contributed by atoms with Crippen LogP contribution in [0.4, 0.5) is 21.9 Å². The SMILES string of the molecule is CN(C)c1cccc2c([N+]3(S(=O)[O-])CCCCC3N3C(=O)OCc4ccccc43)cccc12. The minimum atomic E-state index is -2.53. The van der Waals surface area contributed by atoms with Crippen molar-refractivity contribution in [3.63, 3.8) is 0 Å². The third-order valence-corrected chi connectivity index (χ3v) is 7.97. The van der Waals surface area contributed by atoms with E-state index in [4.69, 9.17) is 4.74 Å². The molecule has 7 nitrogen and oxygen atoms in total. The molecule has 2 aliphatic heterocycles. The Morgan fingerprint density at radius 1 is 1.03 bits per heavy atom. The molecule has 2 aliphatic rings. The summed E-state index contributed by atoms with van der Waals surface area (Å²) in [6, 6.07) is 19.3. The Hall–Kier alpha value is -2.94. The number of hydrogen-bond acceptors (Lipinski definition) is 5. The summed E-state index contributed by atoms with van der Waals surface area (Å²) in [4.78, 5) is 16.7. The molecule has 3 aromatic rings. The Bertz CT molecular complexity index is 1250. The van der Waals surface area contributed by atoms with Gasteiger partial charge in [0.15, 0.2) is 23.1 Å². The van der Waals surface area contributed by atoms with Gasteiger partial charge in [-0.15, -0.1) is 0 Å². The second-order valence-electron chi connectivity index (χ2n) is 8.81. The number of hydrogen-bond donors (Lipinski definition) is 0. The van der Waals surface area contributed by atoms with Crippen LogP contribution in [0, 0.1) is 0 Å². The van der Waals surface area contributed by atoms with Crippen LogP contribution in [-0.2, 0) is 22.6 Å². The number of carbonyl (C=O) groups is 1. The Balaban J connectivity index is 1.76. The lowest BCUT2D eigenvalue weighted by atomic mass is 10.00. The summed E-state index contributed by atoms with van der Waals surface area (Å²) in [6.07, 6.45) is 1.02. The van der Waals surface area contributed by atoms with Crippen molar-refractivity contribution in [1.29, 1.82) is 0 Å². The van der Waals surface area contributed by atoms with E-state index in [9.17, 15) is 13.6 Å². The second-order valence-corrected chi connectivity index (χ2v) is 9.90. The zero-order valence-electron chi connectivity index (χ0n) is 18.8. The highest BCUT2D eigenvalue weighted by Gasteiger charge is 2.51. The van der Waals surface area contributed by atoms with E-state index in [-0.39, 0.29) is 10.5 Å². The summed E-state index contributed by atoms with van der Waals surface area (Å²) in [5, 5.41) is 1.85. The van der Waals surface area contributed by atoms with Crippen molar-refractivity contribution in [1.82, 2.24) is 3.89 Å². The molecule has 33 heavy (non-hydrogen) atoms. The predicted octanol–water partition coefficient (Wildman–Crippen LogP) is 4.67. The van der Waals surface area contributed by atoms with Crippen LogP contribution < -0.4 is 13.7 Å². The highest BCUT2D eigenvalue weighted by Crippen LogP contribution is 2.44. The summed E-state index contributed by atoms with van der Waals surface area (Å²) in [7, 11) is 3.95. The minimum Gasteiger partial charge on any atom is -0.724 e. The largest absolute Gasteiger partial charge is 0.724 e. The fourth-order valence-corrected chi connectivity index (χ4v) is 6.33. The fraction of sp³-hybridized carbons (Fsp3) is 0.320. The standard InChI is InChI=1S/C25H27N3O4S/c1-26(2)22-13-7-11-20-19(22)10-8-14-23(20)28(33(30)31)16-6-5-15-24(28)27-21-12-4-3-9-18(21)17-32-25(27)29/h3-4,7-14,24H,5-6,15-17H2,1-2H3. The predicted molar refractivity (Wildman–Crippen MR) is 131 cm³/mol. The first-order valence-electron chi connectivity index (χ1n) is 11.2. The fourth-order valence-electron chi connectivity index (χ4n) is 5.34. The number of piperidine rings is 1. The van der Waals surface area contributed by atoms with Gasteiger partial charge in [-0.05, 0) is 31.0 Å². The van der Waals surface area contributed by atoms with Gasteiger partial charge in [0.25, 0.3) is 0 Å². The first-order valence-corrected chi connectivity index (χ1v) is 12.2. The molecule has 0 bridgehead atoms. The molecular formula is C25H27N3O4S. The molecule has 5 rings (SSSR count). The molecular weight excluding hydrogens is 438 g/mol. The molecule has 3 aromatic carbocycles. The van der Waals surface area contributed by atoms with E-state index in [0.29, 0.717) is 18.7 Å². The number of nitrogens with zero attached hydrogens (tertiary/aromatic N) is 3. The summed E-state index contributed by atoms with van der Waals surface area (Å²) < 4.78 is 31.5. The van der Waals surface area contributed by atoms with Crippen LogP contribution in [0.2, 0.25) is 0 Å². The number of ether oxygens (including phenoxy) is 1. The molecule has 1 fully saturated rings. The Labute approximate surface area is 196 Å². The third-order valence-electron chi connectivity index (χ3n) is 6.81. The molecule has 3 atom stereocenters.